The molecule has 0 spiro atoms. The molecule has 3 heterocycles. The summed E-state index contributed by atoms with van der Waals surface area (Å²) in [4.78, 5) is 0.767. The first-order valence-electron chi connectivity index (χ1n) is 9.16. The van der Waals surface area contributed by atoms with Crippen molar-refractivity contribution in [1.29, 1.82) is 0 Å². The molecule has 0 amide bonds. The van der Waals surface area contributed by atoms with Crippen molar-refractivity contribution in [1.82, 2.24) is 24.1 Å². The zero-order chi connectivity index (χ0) is 19.3. The van der Waals surface area contributed by atoms with Crippen molar-refractivity contribution < 1.29 is 8.42 Å². The highest BCUT2D eigenvalue weighted by atomic mass is 32.2. The summed E-state index contributed by atoms with van der Waals surface area (Å²) in [5, 5.41) is 16.8. The third kappa shape index (κ3) is 2.99. The van der Waals surface area contributed by atoms with E-state index < -0.39 is 10.0 Å². The van der Waals surface area contributed by atoms with Gasteiger partial charge in [-0.25, -0.2) is 12.7 Å². The van der Waals surface area contributed by atoms with Crippen molar-refractivity contribution in [2.45, 2.75) is 18.8 Å². The first kappa shape index (κ1) is 17.7. The molecule has 2 aromatic heterocycles. The molecule has 7 nitrogen and oxygen atoms in total. The number of benzene rings is 2. The normalized spacial score (nSPS) is 16.9. The van der Waals surface area contributed by atoms with Gasteiger partial charge >= 0.3 is 0 Å². The summed E-state index contributed by atoms with van der Waals surface area (Å²) in [5.74, 6) is 0.987. The van der Waals surface area contributed by atoms with Crippen molar-refractivity contribution in [3.8, 4) is 10.6 Å². The molecule has 0 saturated carbocycles. The Bertz CT molecular complexity index is 1260. The molecule has 5 rings (SSSR count). The van der Waals surface area contributed by atoms with E-state index in [-0.39, 0.29) is 5.92 Å². The number of aromatic nitrogens is 4. The van der Waals surface area contributed by atoms with Gasteiger partial charge in [0.1, 0.15) is 5.01 Å². The molecule has 28 heavy (non-hydrogen) atoms. The minimum absolute atomic E-state index is 0.162. The smallest absolute Gasteiger partial charge is 0.213 e. The van der Waals surface area contributed by atoms with E-state index in [9.17, 15) is 8.42 Å². The van der Waals surface area contributed by atoms with Gasteiger partial charge in [0.15, 0.2) is 5.82 Å². The van der Waals surface area contributed by atoms with E-state index in [2.05, 4.69) is 34.5 Å². The summed E-state index contributed by atoms with van der Waals surface area (Å²) in [6, 6.07) is 14.5. The van der Waals surface area contributed by atoms with E-state index in [1.54, 1.807) is 0 Å². The first-order chi connectivity index (χ1) is 13.5. The van der Waals surface area contributed by atoms with E-state index in [1.165, 1.54) is 27.3 Å². The van der Waals surface area contributed by atoms with Crippen LogP contribution in [0.4, 0.5) is 0 Å². The minimum atomic E-state index is -3.14. The van der Waals surface area contributed by atoms with Crippen molar-refractivity contribution in [3.63, 3.8) is 0 Å². The van der Waals surface area contributed by atoms with Gasteiger partial charge in [-0.15, -0.1) is 10.2 Å². The monoisotopic (exact) mass is 413 g/mol. The lowest BCUT2D eigenvalue weighted by atomic mass is 9.97. The molecule has 1 saturated heterocycles. The Kier molecular flexibility index (Phi) is 4.18. The number of hydrogen-bond donors (Lipinski definition) is 0. The standard InChI is InChI=1S/C19H19N5O2S2/c1-28(25,26)23-11-9-14(10-12-23)17-20-21-19-24(17)22-18(27-19)16-8-4-6-13-5-2-3-7-15(13)16/h2-8,14H,9-12H2,1H3. The molecule has 0 atom stereocenters. The average molecular weight is 414 g/mol. The predicted molar refractivity (Wildman–Crippen MR) is 110 cm³/mol. The zero-order valence-electron chi connectivity index (χ0n) is 15.3. The largest absolute Gasteiger partial charge is 0.234 e. The highest BCUT2D eigenvalue weighted by molar-refractivity contribution is 7.88. The van der Waals surface area contributed by atoms with E-state index in [0.29, 0.717) is 13.1 Å². The molecule has 4 aromatic rings. The van der Waals surface area contributed by atoms with Crippen LogP contribution in [0.1, 0.15) is 24.6 Å². The van der Waals surface area contributed by atoms with Crippen LogP contribution in [0.3, 0.4) is 0 Å². The van der Waals surface area contributed by atoms with Crippen LogP contribution in [0.2, 0.25) is 0 Å². The van der Waals surface area contributed by atoms with Crippen LogP contribution in [0.15, 0.2) is 42.5 Å². The topological polar surface area (TPSA) is 80.5 Å². The fourth-order valence-electron chi connectivity index (χ4n) is 3.85. The van der Waals surface area contributed by atoms with Crippen LogP contribution in [0.5, 0.6) is 0 Å². The molecule has 144 valence electrons. The Morgan fingerprint density at radius 3 is 2.57 bits per heavy atom. The van der Waals surface area contributed by atoms with Gasteiger partial charge in [0.2, 0.25) is 15.0 Å². The van der Waals surface area contributed by atoms with Crippen LogP contribution in [0.25, 0.3) is 26.3 Å². The Morgan fingerprint density at radius 1 is 1.04 bits per heavy atom. The maximum atomic E-state index is 11.7. The number of sulfonamides is 1. The van der Waals surface area contributed by atoms with Gasteiger partial charge in [-0.1, -0.05) is 53.8 Å². The second-order valence-electron chi connectivity index (χ2n) is 7.12. The molecule has 0 unspecified atom stereocenters. The van der Waals surface area contributed by atoms with E-state index in [1.807, 2.05) is 22.7 Å². The van der Waals surface area contributed by atoms with Crippen LogP contribution in [-0.2, 0) is 10.0 Å². The lowest BCUT2D eigenvalue weighted by Crippen LogP contribution is -2.37. The molecule has 0 bridgehead atoms. The molecule has 1 aliphatic heterocycles. The van der Waals surface area contributed by atoms with Gasteiger partial charge in [-0.05, 0) is 23.6 Å². The quantitative estimate of drug-likeness (QED) is 0.515. The van der Waals surface area contributed by atoms with Crippen molar-refractivity contribution >= 4 is 37.1 Å². The van der Waals surface area contributed by atoms with E-state index in [4.69, 9.17) is 5.10 Å². The minimum Gasteiger partial charge on any atom is -0.213 e. The number of rotatable bonds is 3. The number of hydrogen-bond acceptors (Lipinski definition) is 6. The van der Waals surface area contributed by atoms with Gasteiger partial charge in [0, 0.05) is 24.6 Å². The van der Waals surface area contributed by atoms with Crippen LogP contribution in [0, 0.1) is 0 Å². The number of piperidine rings is 1. The van der Waals surface area contributed by atoms with Crippen molar-refractivity contribution in [2.75, 3.05) is 19.3 Å². The zero-order valence-corrected chi connectivity index (χ0v) is 16.9. The molecular weight excluding hydrogens is 394 g/mol. The van der Waals surface area contributed by atoms with Crippen molar-refractivity contribution in [3.05, 3.63) is 48.3 Å². The molecule has 0 N–H and O–H groups in total. The number of fused-ring (bicyclic) bond motifs is 2. The Hall–Kier alpha value is -2.36. The molecule has 0 radical (unpaired) electrons. The van der Waals surface area contributed by atoms with Gasteiger partial charge in [0.25, 0.3) is 0 Å². The summed E-state index contributed by atoms with van der Waals surface area (Å²) >= 11 is 1.53. The van der Waals surface area contributed by atoms with Gasteiger partial charge < -0.3 is 0 Å². The molecule has 1 fully saturated rings. The fraction of sp³-hybridized carbons (Fsp3) is 0.316. The maximum absolute atomic E-state index is 11.7. The molecule has 9 heteroatoms. The number of nitrogens with zero attached hydrogens (tertiary/aromatic N) is 5. The molecule has 0 aliphatic carbocycles. The van der Waals surface area contributed by atoms with Crippen LogP contribution in [-0.4, -0.2) is 51.9 Å². The third-order valence-electron chi connectivity index (χ3n) is 5.32. The second-order valence-corrected chi connectivity index (χ2v) is 10.1. The lowest BCUT2D eigenvalue weighted by molar-refractivity contribution is 0.313. The van der Waals surface area contributed by atoms with Crippen LogP contribution >= 0.6 is 11.3 Å². The van der Waals surface area contributed by atoms with Crippen molar-refractivity contribution in [2.24, 2.45) is 0 Å². The summed E-state index contributed by atoms with van der Waals surface area (Å²) < 4.78 is 26.9. The Morgan fingerprint density at radius 2 is 1.79 bits per heavy atom. The fourth-order valence-corrected chi connectivity index (χ4v) is 5.61. The Labute approximate surface area is 166 Å². The average Bonchev–Trinajstić information content (AvgIpc) is 3.28. The SMILES string of the molecule is CS(=O)(=O)N1CCC(c2nnc3sc(-c4cccc5ccccc45)nn23)CC1. The second kappa shape index (κ2) is 6.61. The highest BCUT2D eigenvalue weighted by Gasteiger charge is 2.29. The summed E-state index contributed by atoms with van der Waals surface area (Å²) in [7, 11) is -3.14. The van der Waals surface area contributed by atoms with Crippen LogP contribution < -0.4 is 0 Å². The molecule has 2 aromatic carbocycles. The van der Waals surface area contributed by atoms with Gasteiger partial charge in [-0.2, -0.15) is 9.61 Å². The Balaban J connectivity index is 1.50. The highest BCUT2D eigenvalue weighted by Crippen LogP contribution is 2.34. The van der Waals surface area contributed by atoms with Gasteiger partial charge in [-0.3, -0.25) is 0 Å². The van der Waals surface area contributed by atoms with E-state index >= 15 is 0 Å². The van der Waals surface area contributed by atoms with Gasteiger partial charge in [0.05, 0.1) is 6.26 Å². The molecular formula is C19H19N5O2S2. The lowest BCUT2D eigenvalue weighted by Gasteiger charge is -2.28. The first-order valence-corrected chi connectivity index (χ1v) is 11.8. The summed E-state index contributed by atoms with van der Waals surface area (Å²) in [5.41, 5.74) is 1.09. The third-order valence-corrected chi connectivity index (χ3v) is 7.56. The summed E-state index contributed by atoms with van der Waals surface area (Å²) in [6.45, 7) is 1.03. The van der Waals surface area contributed by atoms with E-state index in [0.717, 1.165) is 39.6 Å². The predicted octanol–water partition coefficient (Wildman–Crippen LogP) is 3.15. The summed E-state index contributed by atoms with van der Waals surface area (Å²) in [6.07, 6.45) is 2.73. The molecule has 1 aliphatic rings. The maximum Gasteiger partial charge on any atom is 0.234 e.